The van der Waals surface area contributed by atoms with Crippen LogP contribution in [0.15, 0.2) is 24.3 Å². The number of morpholine rings is 1. The zero-order valence-corrected chi connectivity index (χ0v) is 9.69. The number of carbonyl (C=O) groups is 1. The molecule has 90 valence electrons. The molecule has 1 amide bonds. The lowest BCUT2D eigenvalue weighted by molar-refractivity contribution is 0.00683. The molecule has 1 N–H and O–H groups in total. The average Bonchev–Trinajstić information content (AvgIpc) is 2.68. The molecule has 0 unspecified atom stereocenters. The van der Waals surface area contributed by atoms with E-state index in [2.05, 4.69) is 5.32 Å². The van der Waals surface area contributed by atoms with E-state index in [1.165, 1.54) is 0 Å². The maximum Gasteiger partial charge on any atom is 0.254 e. The Morgan fingerprint density at radius 1 is 1.41 bits per heavy atom. The Balaban J connectivity index is 1.69. The molecule has 2 aliphatic heterocycles. The highest BCUT2D eigenvalue weighted by atomic mass is 16.5. The van der Waals surface area contributed by atoms with Crippen molar-refractivity contribution >= 4 is 5.91 Å². The van der Waals surface area contributed by atoms with Crippen molar-refractivity contribution in [3.63, 3.8) is 0 Å². The van der Waals surface area contributed by atoms with E-state index in [9.17, 15) is 4.79 Å². The van der Waals surface area contributed by atoms with Gasteiger partial charge in [0.25, 0.3) is 5.91 Å². The Bertz CT molecular complexity index is 427. The standard InChI is InChI=1S/C13H16N2O2/c16-13-12-4-2-1-3-10(12)8-15(13)9-11-7-14-5-6-17-11/h1-4,11,14H,5-9H2/t11-/m1/s1. The van der Waals surface area contributed by atoms with Gasteiger partial charge in [-0.25, -0.2) is 0 Å². The molecular formula is C13H16N2O2. The summed E-state index contributed by atoms with van der Waals surface area (Å²) < 4.78 is 5.63. The number of ether oxygens (including phenoxy) is 1. The van der Waals surface area contributed by atoms with Crippen LogP contribution < -0.4 is 5.32 Å². The van der Waals surface area contributed by atoms with Gasteiger partial charge in [-0.05, 0) is 11.6 Å². The van der Waals surface area contributed by atoms with Crippen LogP contribution in [0.3, 0.4) is 0 Å². The van der Waals surface area contributed by atoms with E-state index in [1.807, 2.05) is 29.2 Å². The van der Waals surface area contributed by atoms with Crippen LogP contribution in [0.5, 0.6) is 0 Å². The maximum atomic E-state index is 12.1. The average molecular weight is 232 g/mol. The van der Waals surface area contributed by atoms with Gasteiger partial charge >= 0.3 is 0 Å². The van der Waals surface area contributed by atoms with Gasteiger partial charge in [0.15, 0.2) is 0 Å². The van der Waals surface area contributed by atoms with Gasteiger partial charge in [-0.1, -0.05) is 18.2 Å². The van der Waals surface area contributed by atoms with E-state index in [-0.39, 0.29) is 12.0 Å². The topological polar surface area (TPSA) is 41.6 Å². The Kier molecular flexibility index (Phi) is 2.82. The molecule has 0 bridgehead atoms. The Hall–Kier alpha value is -1.39. The molecule has 17 heavy (non-hydrogen) atoms. The normalized spacial score (nSPS) is 23.9. The summed E-state index contributed by atoms with van der Waals surface area (Å²) in [5.41, 5.74) is 1.97. The van der Waals surface area contributed by atoms with Gasteiger partial charge in [-0.2, -0.15) is 0 Å². The van der Waals surface area contributed by atoms with Gasteiger partial charge in [0.2, 0.25) is 0 Å². The molecule has 1 saturated heterocycles. The summed E-state index contributed by atoms with van der Waals surface area (Å²) in [6.07, 6.45) is 0.127. The van der Waals surface area contributed by atoms with Crippen LogP contribution in [0.2, 0.25) is 0 Å². The lowest BCUT2D eigenvalue weighted by Crippen LogP contribution is -2.45. The first-order valence-electron chi connectivity index (χ1n) is 6.04. The largest absolute Gasteiger partial charge is 0.374 e. The van der Waals surface area contributed by atoms with Crippen molar-refractivity contribution in [2.75, 3.05) is 26.2 Å². The fraction of sp³-hybridized carbons (Fsp3) is 0.462. The molecule has 1 atom stereocenters. The third-order valence-electron chi connectivity index (χ3n) is 3.32. The molecule has 0 radical (unpaired) electrons. The first-order chi connectivity index (χ1) is 8.34. The van der Waals surface area contributed by atoms with Gasteiger partial charge in [0.05, 0.1) is 12.7 Å². The highest BCUT2D eigenvalue weighted by Crippen LogP contribution is 2.22. The number of rotatable bonds is 2. The number of fused-ring (bicyclic) bond motifs is 1. The van der Waals surface area contributed by atoms with E-state index in [0.29, 0.717) is 6.54 Å². The number of carbonyl (C=O) groups excluding carboxylic acids is 1. The van der Waals surface area contributed by atoms with Crippen LogP contribution in [0.1, 0.15) is 15.9 Å². The Morgan fingerprint density at radius 3 is 3.06 bits per heavy atom. The second kappa shape index (κ2) is 4.47. The molecule has 4 heteroatoms. The molecule has 1 fully saturated rings. The van der Waals surface area contributed by atoms with Crippen LogP contribution in [-0.2, 0) is 11.3 Å². The minimum atomic E-state index is 0.127. The second-order valence-electron chi connectivity index (χ2n) is 4.54. The molecule has 0 aromatic heterocycles. The van der Waals surface area contributed by atoms with Crippen LogP contribution in [-0.4, -0.2) is 43.2 Å². The predicted octanol–water partition coefficient (Wildman–Crippen LogP) is 0.631. The summed E-state index contributed by atoms with van der Waals surface area (Å²) in [6.45, 7) is 3.87. The minimum absolute atomic E-state index is 0.127. The van der Waals surface area contributed by atoms with Gasteiger partial charge in [-0.3, -0.25) is 4.79 Å². The van der Waals surface area contributed by atoms with E-state index in [0.717, 1.165) is 37.4 Å². The van der Waals surface area contributed by atoms with E-state index in [4.69, 9.17) is 4.74 Å². The monoisotopic (exact) mass is 232 g/mol. The molecule has 0 saturated carbocycles. The van der Waals surface area contributed by atoms with Crippen molar-refractivity contribution < 1.29 is 9.53 Å². The molecule has 2 aliphatic rings. The first kappa shape index (κ1) is 10.7. The van der Waals surface area contributed by atoms with E-state index in [1.54, 1.807) is 0 Å². The van der Waals surface area contributed by atoms with Crippen LogP contribution >= 0.6 is 0 Å². The highest BCUT2D eigenvalue weighted by molar-refractivity contribution is 5.98. The predicted molar refractivity (Wildman–Crippen MR) is 63.8 cm³/mol. The third kappa shape index (κ3) is 2.06. The van der Waals surface area contributed by atoms with Gasteiger partial charge in [-0.15, -0.1) is 0 Å². The fourth-order valence-electron chi connectivity index (χ4n) is 2.44. The van der Waals surface area contributed by atoms with Crippen LogP contribution in [0.4, 0.5) is 0 Å². The number of nitrogens with zero attached hydrogens (tertiary/aromatic N) is 1. The molecule has 0 aliphatic carbocycles. The summed E-state index contributed by atoms with van der Waals surface area (Å²) in [5.74, 6) is 0.134. The zero-order valence-electron chi connectivity index (χ0n) is 9.69. The van der Waals surface area contributed by atoms with Crippen molar-refractivity contribution in [3.05, 3.63) is 35.4 Å². The van der Waals surface area contributed by atoms with Gasteiger partial charge in [0, 0.05) is 31.7 Å². The lowest BCUT2D eigenvalue weighted by Gasteiger charge is -2.27. The summed E-state index contributed by atoms with van der Waals surface area (Å²) in [4.78, 5) is 14.0. The molecule has 2 heterocycles. The van der Waals surface area contributed by atoms with Crippen molar-refractivity contribution in [2.24, 2.45) is 0 Å². The van der Waals surface area contributed by atoms with Crippen molar-refractivity contribution in [3.8, 4) is 0 Å². The maximum absolute atomic E-state index is 12.1. The molecule has 1 aromatic rings. The SMILES string of the molecule is O=C1c2ccccc2CN1C[C@H]1CNCCO1. The summed E-state index contributed by atoms with van der Waals surface area (Å²) in [6, 6.07) is 7.82. The molecule has 0 spiro atoms. The molecule has 3 rings (SSSR count). The van der Waals surface area contributed by atoms with Crippen molar-refractivity contribution in [1.29, 1.82) is 0 Å². The minimum Gasteiger partial charge on any atom is -0.374 e. The van der Waals surface area contributed by atoms with Crippen molar-refractivity contribution in [2.45, 2.75) is 12.6 Å². The summed E-state index contributed by atoms with van der Waals surface area (Å²) in [5, 5.41) is 3.28. The van der Waals surface area contributed by atoms with Crippen LogP contribution in [0, 0.1) is 0 Å². The van der Waals surface area contributed by atoms with E-state index < -0.39 is 0 Å². The quantitative estimate of drug-likeness (QED) is 0.813. The van der Waals surface area contributed by atoms with Crippen molar-refractivity contribution in [1.82, 2.24) is 10.2 Å². The smallest absolute Gasteiger partial charge is 0.254 e. The van der Waals surface area contributed by atoms with Gasteiger partial charge in [0.1, 0.15) is 0 Å². The van der Waals surface area contributed by atoms with E-state index >= 15 is 0 Å². The fourth-order valence-corrected chi connectivity index (χ4v) is 2.44. The van der Waals surface area contributed by atoms with Crippen LogP contribution in [0.25, 0.3) is 0 Å². The number of hydrogen-bond donors (Lipinski definition) is 1. The number of hydrogen-bond acceptors (Lipinski definition) is 3. The zero-order chi connectivity index (χ0) is 11.7. The first-order valence-corrected chi connectivity index (χ1v) is 6.04. The molecule has 4 nitrogen and oxygen atoms in total. The second-order valence-corrected chi connectivity index (χ2v) is 4.54. The Labute approximate surface area is 101 Å². The summed E-state index contributed by atoms with van der Waals surface area (Å²) >= 11 is 0. The number of benzene rings is 1. The lowest BCUT2D eigenvalue weighted by atomic mass is 10.1. The molecular weight excluding hydrogens is 216 g/mol. The number of amides is 1. The van der Waals surface area contributed by atoms with Gasteiger partial charge < -0.3 is 15.0 Å². The Morgan fingerprint density at radius 2 is 2.29 bits per heavy atom. The molecule has 1 aromatic carbocycles. The summed E-state index contributed by atoms with van der Waals surface area (Å²) in [7, 11) is 0. The number of nitrogens with one attached hydrogen (secondary N) is 1. The third-order valence-corrected chi connectivity index (χ3v) is 3.32. The highest BCUT2D eigenvalue weighted by Gasteiger charge is 2.29.